The van der Waals surface area contributed by atoms with Crippen LogP contribution in [0.3, 0.4) is 0 Å². The van der Waals surface area contributed by atoms with Gasteiger partial charge in [-0.05, 0) is 39.0 Å². The Balaban J connectivity index is 1.92. The van der Waals surface area contributed by atoms with E-state index in [9.17, 15) is 23.1 Å². The number of ether oxygens (including phenoxy) is 1. The Bertz CT molecular complexity index is 829. The molecule has 1 saturated heterocycles. The highest BCUT2D eigenvalue weighted by atomic mass is 32.1. The number of rotatable bonds is 1. The number of fused-ring (bicyclic) bond motifs is 1. The highest BCUT2D eigenvalue weighted by molar-refractivity contribution is 7.18. The van der Waals surface area contributed by atoms with E-state index in [1.807, 2.05) is 0 Å². The van der Waals surface area contributed by atoms with Crippen LogP contribution in [0.2, 0.25) is 0 Å². The molecule has 1 N–H and O–H groups in total. The van der Waals surface area contributed by atoms with Gasteiger partial charge in [-0.15, -0.1) is 11.3 Å². The van der Waals surface area contributed by atoms with Gasteiger partial charge >= 0.3 is 12.3 Å². The van der Waals surface area contributed by atoms with E-state index in [2.05, 4.69) is 4.98 Å². The summed E-state index contributed by atoms with van der Waals surface area (Å²) in [5.41, 5.74) is -0.996. The fourth-order valence-electron chi connectivity index (χ4n) is 2.83. The SMILES string of the molecule is CC(C)(C)OC(=O)N1C[C@H](O)C[C@H]1c1nc2ccc(C(F)(F)F)cc2s1. The number of halogens is 3. The number of hydrogen-bond donors (Lipinski definition) is 1. The summed E-state index contributed by atoms with van der Waals surface area (Å²) in [4.78, 5) is 18.2. The molecular weight excluding hydrogens is 369 g/mol. The van der Waals surface area contributed by atoms with Crippen molar-refractivity contribution in [2.24, 2.45) is 0 Å². The van der Waals surface area contributed by atoms with Gasteiger partial charge < -0.3 is 9.84 Å². The van der Waals surface area contributed by atoms with Crippen molar-refractivity contribution in [3.05, 3.63) is 28.8 Å². The number of β-amino-alcohol motifs (C(OH)–C–C–N with tert-alkyl or cyclic N) is 1. The van der Waals surface area contributed by atoms with Crippen LogP contribution in [-0.2, 0) is 10.9 Å². The number of aromatic nitrogens is 1. The van der Waals surface area contributed by atoms with Crippen LogP contribution < -0.4 is 0 Å². The molecule has 1 amide bonds. The Morgan fingerprint density at radius 2 is 2.04 bits per heavy atom. The van der Waals surface area contributed by atoms with Gasteiger partial charge in [0.2, 0.25) is 0 Å². The van der Waals surface area contributed by atoms with Crippen LogP contribution >= 0.6 is 11.3 Å². The predicted octanol–water partition coefficient (Wildman–Crippen LogP) is 4.36. The highest BCUT2D eigenvalue weighted by Crippen LogP contribution is 2.39. The smallest absolute Gasteiger partial charge is 0.416 e. The maximum atomic E-state index is 12.9. The van der Waals surface area contributed by atoms with Crippen molar-refractivity contribution in [1.82, 2.24) is 9.88 Å². The maximum absolute atomic E-state index is 12.9. The summed E-state index contributed by atoms with van der Waals surface area (Å²) in [6, 6.07) is 2.84. The first-order valence-corrected chi connectivity index (χ1v) is 8.91. The third-order valence-corrected chi connectivity index (χ3v) is 5.04. The van der Waals surface area contributed by atoms with E-state index < -0.39 is 35.6 Å². The predicted molar refractivity (Wildman–Crippen MR) is 90.9 cm³/mol. The molecule has 2 aromatic rings. The molecule has 142 valence electrons. The molecule has 9 heteroatoms. The molecule has 5 nitrogen and oxygen atoms in total. The summed E-state index contributed by atoms with van der Waals surface area (Å²) in [6.45, 7) is 5.32. The lowest BCUT2D eigenvalue weighted by Crippen LogP contribution is -2.37. The first-order chi connectivity index (χ1) is 11.9. The summed E-state index contributed by atoms with van der Waals surface area (Å²) < 4.78 is 44.4. The molecule has 1 fully saturated rings. The topological polar surface area (TPSA) is 62.7 Å². The molecule has 0 bridgehead atoms. The van der Waals surface area contributed by atoms with Gasteiger partial charge in [-0.1, -0.05) is 0 Å². The summed E-state index contributed by atoms with van der Waals surface area (Å²) >= 11 is 1.09. The van der Waals surface area contributed by atoms with E-state index in [-0.39, 0.29) is 13.0 Å². The number of nitrogens with zero attached hydrogens (tertiary/aromatic N) is 2. The number of likely N-dealkylation sites (tertiary alicyclic amines) is 1. The van der Waals surface area contributed by atoms with Crippen molar-refractivity contribution >= 4 is 27.6 Å². The summed E-state index contributed by atoms with van der Waals surface area (Å²) in [7, 11) is 0. The van der Waals surface area contributed by atoms with Crippen LogP contribution in [0.5, 0.6) is 0 Å². The Kier molecular flexibility index (Phi) is 4.64. The monoisotopic (exact) mass is 388 g/mol. The maximum Gasteiger partial charge on any atom is 0.416 e. The second-order valence-corrected chi connectivity index (χ2v) is 8.33. The van der Waals surface area contributed by atoms with Gasteiger partial charge in [0.15, 0.2) is 0 Å². The van der Waals surface area contributed by atoms with Gasteiger partial charge in [0, 0.05) is 6.42 Å². The lowest BCUT2D eigenvalue weighted by Gasteiger charge is -2.27. The molecule has 2 atom stereocenters. The molecule has 2 heterocycles. The Hall–Kier alpha value is -1.87. The molecule has 1 aromatic carbocycles. The normalized spacial score (nSPS) is 21.4. The lowest BCUT2D eigenvalue weighted by atomic mass is 10.2. The van der Waals surface area contributed by atoms with Crippen molar-refractivity contribution in [2.75, 3.05) is 6.54 Å². The summed E-state index contributed by atoms with van der Waals surface area (Å²) in [5.74, 6) is 0. The number of benzene rings is 1. The Morgan fingerprint density at radius 1 is 1.35 bits per heavy atom. The average molecular weight is 388 g/mol. The van der Waals surface area contributed by atoms with Crippen LogP contribution in [-0.4, -0.2) is 39.3 Å². The third kappa shape index (κ3) is 3.93. The number of thiazole rings is 1. The Morgan fingerprint density at radius 3 is 2.65 bits per heavy atom. The van der Waals surface area contributed by atoms with Gasteiger partial charge in [0.1, 0.15) is 10.6 Å². The van der Waals surface area contributed by atoms with Crippen molar-refractivity contribution < 1.29 is 27.8 Å². The van der Waals surface area contributed by atoms with Gasteiger partial charge in [0.05, 0.1) is 34.5 Å². The lowest BCUT2D eigenvalue weighted by molar-refractivity contribution is -0.137. The zero-order chi connectivity index (χ0) is 19.3. The quantitative estimate of drug-likeness (QED) is 0.789. The van der Waals surface area contributed by atoms with E-state index in [1.54, 1.807) is 20.8 Å². The van der Waals surface area contributed by atoms with E-state index >= 15 is 0 Å². The first-order valence-electron chi connectivity index (χ1n) is 8.09. The average Bonchev–Trinajstić information content (AvgIpc) is 3.06. The molecule has 0 aliphatic carbocycles. The number of carbonyl (C=O) groups excluding carboxylic acids is 1. The van der Waals surface area contributed by atoms with Crippen LogP contribution in [0.1, 0.15) is 43.8 Å². The fraction of sp³-hybridized carbons (Fsp3) is 0.529. The molecule has 26 heavy (non-hydrogen) atoms. The van der Waals surface area contributed by atoms with E-state index in [4.69, 9.17) is 4.74 Å². The number of hydrogen-bond acceptors (Lipinski definition) is 5. The number of alkyl halides is 3. The van der Waals surface area contributed by atoms with Crippen molar-refractivity contribution in [1.29, 1.82) is 0 Å². The zero-order valence-electron chi connectivity index (χ0n) is 14.5. The first kappa shape index (κ1) is 18.9. The van der Waals surface area contributed by atoms with Gasteiger partial charge in [0.25, 0.3) is 0 Å². The second-order valence-electron chi connectivity index (χ2n) is 7.27. The number of carbonyl (C=O) groups is 1. The molecule has 0 saturated carbocycles. The minimum absolute atomic E-state index is 0.101. The van der Waals surface area contributed by atoms with Crippen molar-refractivity contribution in [2.45, 2.75) is 51.1 Å². The van der Waals surface area contributed by atoms with Gasteiger partial charge in [-0.25, -0.2) is 9.78 Å². The van der Waals surface area contributed by atoms with Gasteiger partial charge in [-0.3, -0.25) is 4.90 Å². The molecule has 1 aromatic heterocycles. The highest BCUT2D eigenvalue weighted by Gasteiger charge is 2.39. The third-order valence-electron chi connectivity index (χ3n) is 3.92. The molecule has 0 unspecified atom stereocenters. The molecule has 0 radical (unpaired) electrons. The van der Waals surface area contributed by atoms with Crippen LogP contribution in [0.4, 0.5) is 18.0 Å². The molecule has 1 aliphatic heterocycles. The number of aliphatic hydroxyl groups excluding tert-OH is 1. The zero-order valence-corrected chi connectivity index (χ0v) is 15.3. The minimum atomic E-state index is -4.43. The molecular formula is C17H19F3N2O3S. The van der Waals surface area contributed by atoms with Crippen LogP contribution in [0, 0.1) is 0 Å². The minimum Gasteiger partial charge on any atom is -0.444 e. The molecule has 1 aliphatic rings. The van der Waals surface area contributed by atoms with E-state index in [0.29, 0.717) is 15.2 Å². The van der Waals surface area contributed by atoms with E-state index in [0.717, 1.165) is 23.5 Å². The molecule has 0 spiro atoms. The standard InChI is InChI=1S/C17H19F3N2O3S/c1-16(2,3)25-15(24)22-8-10(23)7-12(22)14-21-11-5-4-9(17(18,19)20)6-13(11)26-14/h4-6,10,12,23H,7-8H2,1-3H3/t10-,12+/m1/s1. The summed E-state index contributed by atoms with van der Waals surface area (Å²) in [5, 5.41) is 10.5. The van der Waals surface area contributed by atoms with E-state index in [1.165, 1.54) is 11.0 Å². The number of amides is 1. The van der Waals surface area contributed by atoms with Crippen molar-refractivity contribution in [3.63, 3.8) is 0 Å². The Labute approximate surface area is 152 Å². The molecule has 3 rings (SSSR count). The van der Waals surface area contributed by atoms with Crippen LogP contribution in [0.15, 0.2) is 18.2 Å². The summed E-state index contributed by atoms with van der Waals surface area (Å²) in [6.07, 6.45) is -5.46. The van der Waals surface area contributed by atoms with Crippen LogP contribution in [0.25, 0.3) is 10.2 Å². The second kappa shape index (κ2) is 6.38. The largest absolute Gasteiger partial charge is 0.444 e. The fourth-order valence-corrected chi connectivity index (χ4v) is 3.96. The van der Waals surface area contributed by atoms with Gasteiger partial charge in [-0.2, -0.15) is 13.2 Å². The van der Waals surface area contributed by atoms with Crippen molar-refractivity contribution in [3.8, 4) is 0 Å². The number of aliphatic hydroxyl groups is 1.